The number of rotatable bonds is 5. The molecule has 1 aromatic rings. The molecule has 2 amide bonds. The third-order valence-electron chi connectivity index (χ3n) is 3.28. The minimum absolute atomic E-state index is 0.143. The second kappa shape index (κ2) is 6.79. The molecule has 0 aliphatic heterocycles. The summed E-state index contributed by atoms with van der Waals surface area (Å²) in [5.41, 5.74) is 0.568. The molecule has 1 saturated carbocycles. The molecular weight excluding hydrogens is 308 g/mol. The predicted molar refractivity (Wildman–Crippen MR) is 82.0 cm³/mol. The smallest absolute Gasteiger partial charge is 0.337 e. The molecule has 6 nitrogen and oxygen atoms in total. The minimum atomic E-state index is -0.538. The number of anilines is 1. The zero-order valence-electron chi connectivity index (χ0n) is 12.4. The molecule has 118 valence electrons. The van der Waals surface area contributed by atoms with Gasteiger partial charge >= 0.3 is 5.97 Å². The topological polar surface area (TPSA) is 75.7 Å². The highest BCUT2D eigenvalue weighted by atomic mass is 35.5. The Morgan fingerprint density at radius 1 is 1.36 bits per heavy atom. The Hall–Kier alpha value is -2.08. The largest absolute Gasteiger partial charge is 0.465 e. The molecule has 0 atom stereocenters. The maximum Gasteiger partial charge on any atom is 0.337 e. The Morgan fingerprint density at radius 3 is 2.59 bits per heavy atom. The van der Waals surface area contributed by atoms with Crippen LogP contribution in [0.5, 0.6) is 0 Å². The summed E-state index contributed by atoms with van der Waals surface area (Å²) in [6.07, 6.45) is 1.93. The van der Waals surface area contributed by atoms with E-state index in [0.717, 1.165) is 12.8 Å². The number of nitrogens with one attached hydrogen (secondary N) is 1. The lowest BCUT2D eigenvalue weighted by Crippen LogP contribution is -2.40. The molecule has 0 unspecified atom stereocenters. The zero-order chi connectivity index (χ0) is 16.3. The van der Waals surface area contributed by atoms with Crippen molar-refractivity contribution in [2.75, 3.05) is 18.6 Å². The number of hydrogen-bond acceptors (Lipinski definition) is 4. The van der Waals surface area contributed by atoms with E-state index in [0.29, 0.717) is 5.69 Å². The number of nitrogens with zero attached hydrogens (tertiary/aromatic N) is 1. The summed E-state index contributed by atoms with van der Waals surface area (Å²) < 4.78 is 4.65. The van der Waals surface area contributed by atoms with E-state index in [4.69, 9.17) is 11.6 Å². The van der Waals surface area contributed by atoms with E-state index in [1.165, 1.54) is 37.1 Å². The van der Waals surface area contributed by atoms with Crippen LogP contribution in [0.15, 0.2) is 18.2 Å². The van der Waals surface area contributed by atoms with Gasteiger partial charge in [-0.05, 0) is 31.0 Å². The molecule has 22 heavy (non-hydrogen) atoms. The van der Waals surface area contributed by atoms with Gasteiger partial charge in [-0.2, -0.15) is 0 Å². The van der Waals surface area contributed by atoms with Crippen LogP contribution in [0.25, 0.3) is 0 Å². The van der Waals surface area contributed by atoms with Gasteiger partial charge in [0.15, 0.2) is 0 Å². The van der Waals surface area contributed by atoms with Crippen LogP contribution in [-0.4, -0.2) is 37.5 Å². The van der Waals surface area contributed by atoms with Crippen molar-refractivity contribution in [3.05, 3.63) is 28.8 Å². The van der Waals surface area contributed by atoms with Gasteiger partial charge in [0.25, 0.3) is 0 Å². The third-order valence-corrected chi connectivity index (χ3v) is 3.60. The van der Waals surface area contributed by atoms with Gasteiger partial charge in [-0.15, -0.1) is 0 Å². The summed E-state index contributed by atoms with van der Waals surface area (Å²) in [5, 5.41) is 3.09. The second-order valence-electron chi connectivity index (χ2n) is 5.10. The van der Waals surface area contributed by atoms with Crippen molar-refractivity contribution >= 4 is 35.1 Å². The van der Waals surface area contributed by atoms with E-state index in [1.807, 2.05) is 0 Å². The molecule has 0 saturated heterocycles. The Bertz CT molecular complexity index is 614. The van der Waals surface area contributed by atoms with Crippen LogP contribution < -0.4 is 10.2 Å². The number of hydrogen-bond donors (Lipinski definition) is 1. The molecule has 1 aliphatic rings. The molecule has 7 heteroatoms. The Balaban J connectivity index is 2.24. The molecule has 0 spiro atoms. The molecular formula is C15H17ClN2O4. The SMILES string of the molecule is COC(=O)c1ccc(Cl)c(N(CC(=O)NC2CC2)C(C)=O)c1. The number of ether oxygens (including phenoxy) is 1. The fourth-order valence-electron chi connectivity index (χ4n) is 1.98. The van der Waals surface area contributed by atoms with E-state index in [2.05, 4.69) is 10.1 Å². The summed E-state index contributed by atoms with van der Waals surface area (Å²) in [4.78, 5) is 36.6. The summed E-state index contributed by atoms with van der Waals surface area (Å²) in [7, 11) is 1.27. The van der Waals surface area contributed by atoms with Gasteiger partial charge in [0, 0.05) is 13.0 Å². The minimum Gasteiger partial charge on any atom is -0.465 e. The second-order valence-corrected chi connectivity index (χ2v) is 5.51. The maximum absolute atomic E-state index is 11.9. The van der Waals surface area contributed by atoms with Crippen LogP contribution in [0.2, 0.25) is 5.02 Å². The first-order chi connectivity index (χ1) is 10.4. The van der Waals surface area contributed by atoms with Crippen molar-refractivity contribution in [3.63, 3.8) is 0 Å². The molecule has 1 aromatic carbocycles. The average Bonchev–Trinajstić information content (AvgIpc) is 3.28. The third kappa shape index (κ3) is 3.98. The molecule has 1 N–H and O–H groups in total. The van der Waals surface area contributed by atoms with Crippen LogP contribution in [-0.2, 0) is 14.3 Å². The lowest BCUT2D eigenvalue weighted by atomic mass is 10.2. The first-order valence-corrected chi connectivity index (χ1v) is 7.25. The highest BCUT2D eigenvalue weighted by molar-refractivity contribution is 6.34. The summed E-state index contributed by atoms with van der Waals surface area (Å²) >= 11 is 6.11. The summed E-state index contributed by atoms with van der Waals surface area (Å²) in [6, 6.07) is 4.65. The van der Waals surface area contributed by atoms with Crippen molar-refractivity contribution in [1.82, 2.24) is 5.32 Å². The maximum atomic E-state index is 11.9. The highest BCUT2D eigenvalue weighted by Crippen LogP contribution is 2.28. The standard InChI is InChI=1S/C15H17ClN2O4/c1-9(19)18(8-14(20)17-11-4-5-11)13-7-10(15(21)22-2)3-6-12(13)16/h3,6-7,11H,4-5,8H2,1-2H3,(H,17,20). The number of methoxy groups -OCH3 is 1. The van der Waals surface area contributed by atoms with Crippen molar-refractivity contribution in [2.45, 2.75) is 25.8 Å². The van der Waals surface area contributed by atoms with Crippen molar-refractivity contribution < 1.29 is 19.1 Å². The lowest BCUT2D eigenvalue weighted by molar-refractivity contribution is -0.123. The molecule has 0 heterocycles. The number of carbonyl (C=O) groups excluding carboxylic acids is 3. The number of benzene rings is 1. The molecule has 1 aliphatic carbocycles. The molecule has 0 bridgehead atoms. The average molecular weight is 325 g/mol. The van der Waals surface area contributed by atoms with Gasteiger partial charge in [-0.25, -0.2) is 4.79 Å². The number of amides is 2. The van der Waals surface area contributed by atoms with Gasteiger partial charge < -0.3 is 15.0 Å². The van der Waals surface area contributed by atoms with Crippen molar-refractivity contribution in [1.29, 1.82) is 0 Å². The van der Waals surface area contributed by atoms with E-state index in [-0.39, 0.29) is 35.0 Å². The number of esters is 1. The van der Waals surface area contributed by atoms with Gasteiger partial charge in [-0.3, -0.25) is 9.59 Å². The Labute approximate surface area is 133 Å². The zero-order valence-corrected chi connectivity index (χ0v) is 13.1. The molecule has 0 radical (unpaired) electrons. The first kappa shape index (κ1) is 16.3. The highest BCUT2D eigenvalue weighted by Gasteiger charge is 2.26. The van der Waals surface area contributed by atoms with Crippen LogP contribution in [0.1, 0.15) is 30.1 Å². The first-order valence-electron chi connectivity index (χ1n) is 6.87. The van der Waals surface area contributed by atoms with Crippen LogP contribution in [0.4, 0.5) is 5.69 Å². The van der Waals surface area contributed by atoms with Gasteiger partial charge in [0.2, 0.25) is 11.8 Å². The van der Waals surface area contributed by atoms with Crippen molar-refractivity contribution in [3.8, 4) is 0 Å². The number of carbonyl (C=O) groups is 3. The van der Waals surface area contributed by atoms with Crippen molar-refractivity contribution in [2.24, 2.45) is 0 Å². The van der Waals surface area contributed by atoms with Crippen LogP contribution >= 0.6 is 11.6 Å². The normalized spacial score (nSPS) is 13.4. The lowest BCUT2D eigenvalue weighted by Gasteiger charge is -2.22. The van der Waals surface area contributed by atoms with E-state index < -0.39 is 5.97 Å². The Morgan fingerprint density at radius 2 is 2.05 bits per heavy atom. The number of halogens is 1. The fraction of sp³-hybridized carbons (Fsp3) is 0.400. The van der Waals surface area contributed by atoms with Crippen LogP contribution in [0.3, 0.4) is 0 Å². The summed E-state index contributed by atoms with van der Waals surface area (Å²) in [6.45, 7) is 1.20. The van der Waals surface area contributed by atoms with Gasteiger partial charge in [-0.1, -0.05) is 11.6 Å². The molecule has 1 fully saturated rings. The Kier molecular flexibility index (Phi) is 5.03. The monoisotopic (exact) mass is 324 g/mol. The fourth-order valence-corrected chi connectivity index (χ4v) is 2.19. The van der Waals surface area contributed by atoms with E-state index in [9.17, 15) is 14.4 Å². The quantitative estimate of drug-likeness (QED) is 0.837. The molecule has 2 rings (SSSR count). The van der Waals surface area contributed by atoms with E-state index in [1.54, 1.807) is 0 Å². The van der Waals surface area contributed by atoms with Gasteiger partial charge in [0.05, 0.1) is 23.4 Å². The summed E-state index contributed by atoms with van der Waals surface area (Å²) in [5.74, 6) is -1.13. The van der Waals surface area contributed by atoms with Gasteiger partial charge in [0.1, 0.15) is 6.54 Å². The van der Waals surface area contributed by atoms with E-state index >= 15 is 0 Å². The predicted octanol–water partition coefficient (Wildman–Crippen LogP) is 1.76. The van der Waals surface area contributed by atoms with Crippen LogP contribution in [0, 0.1) is 0 Å². The molecule has 0 aromatic heterocycles.